The Morgan fingerprint density at radius 3 is 1.87 bits per heavy atom. The molecular formula is C46H72O7Si2. The Labute approximate surface area is 335 Å². The Morgan fingerprint density at radius 2 is 1.35 bits per heavy atom. The van der Waals surface area contributed by atoms with Gasteiger partial charge in [0.25, 0.3) is 8.32 Å². The van der Waals surface area contributed by atoms with Crippen LogP contribution in [0.15, 0.2) is 73.3 Å². The summed E-state index contributed by atoms with van der Waals surface area (Å²) in [5.74, 6) is 0. The lowest BCUT2D eigenvalue weighted by Gasteiger charge is -2.55. The van der Waals surface area contributed by atoms with E-state index in [1.54, 1.807) is 6.08 Å². The van der Waals surface area contributed by atoms with Crippen molar-refractivity contribution in [3.05, 3.63) is 73.3 Å². The maximum Gasteiger partial charge on any atom is 0.261 e. The molecule has 2 aromatic rings. The summed E-state index contributed by atoms with van der Waals surface area (Å²) in [7, 11) is -5.10. The second-order valence-corrected chi connectivity index (χ2v) is 29.3. The maximum atomic E-state index is 11.2. The molecule has 1 N–H and O–H groups in total. The first-order valence-corrected chi connectivity index (χ1v) is 25.3. The normalized spacial score (nSPS) is 34.7. The van der Waals surface area contributed by atoms with Gasteiger partial charge in [0.15, 0.2) is 0 Å². The van der Waals surface area contributed by atoms with Crippen molar-refractivity contribution < 1.29 is 32.9 Å². The van der Waals surface area contributed by atoms with Crippen LogP contribution in [-0.2, 0) is 27.8 Å². The van der Waals surface area contributed by atoms with E-state index in [1.165, 1.54) is 10.4 Å². The highest BCUT2D eigenvalue weighted by Gasteiger charge is 2.58. The molecule has 4 saturated heterocycles. The molecule has 4 fully saturated rings. The van der Waals surface area contributed by atoms with Gasteiger partial charge in [-0.3, -0.25) is 0 Å². The number of fused-ring (bicyclic) bond motifs is 3. The molecule has 4 heterocycles. The Balaban J connectivity index is 1.35. The lowest BCUT2D eigenvalue weighted by Crippen LogP contribution is -2.68. The van der Waals surface area contributed by atoms with Gasteiger partial charge in [-0.15, -0.1) is 6.58 Å². The molecule has 306 valence electrons. The van der Waals surface area contributed by atoms with Gasteiger partial charge in [-0.2, -0.15) is 0 Å². The molecule has 0 unspecified atom stereocenters. The minimum Gasteiger partial charge on any atom is -0.410 e. The molecule has 4 aliphatic heterocycles. The standard InChI is InChI=1S/C46H72O7Si2/c1-13-41-45(11,47)26-24-37-38(50-41)25-27-46(12)42(51-37)29-39-43(52-46)40(53-54(31(2)3,32(4)5)33(6)7)28-34(49-39)30-48-55(44(8,9)10,35-20-16-14-17-21-35)36-22-18-15-19-23-36/h13-23,31-34,37-43,47H,1,24-30H2,2-12H3/t34-,37+,38-,39+,40-,41+,42-,43+,45-,46+/m0/s1. The molecular weight excluding hydrogens is 721 g/mol. The van der Waals surface area contributed by atoms with E-state index in [1.807, 2.05) is 6.92 Å². The summed E-state index contributed by atoms with van der Waals surface area (Å²) in [5, 5.41) is 13.6. The van der Waals surface area contributed by atoms with Crippen LogP contribution in [0, 0.1) is 0 Å². The fourth-order valence-electron chi connectivity index (χ4n) is 11.0. The van der Waals surface area contributed by atoms with Crippen LogP contribution in [0.3, 0.4) is 0 Å². The quantitative estimate of drug-likeness (QED) is 0.180. The summed E-state index contributed by atoms with van der Waals surface area (Å²) in [4.78, 5) is 0. The van der Waals surface area contributed by atoms with Crippen LogP contribution in [0.25, 0.3) is 0 Å². The van der Waals surface area contributed by atoms with E-state index in [0.717, 1.165) is 19.3 Å². The van der Waals surface area contributed by atoms with E-state index in [0.29, 0.717) is 42.5 Å². The average Bonchev–Trinajstić information content (AvgIpc) is 3.34. The number of hydrogen-bond acceptors (Lipinski definition) is 7. The van der Waals surface area contributed by atoms with E-state index in [-0.39, 0.29) is 47.8 Å². The van der Waals surface area contributed by atoms with Crippen LogP contribution in [-0.4, -0.2) is 88.4 Å². The molecule has 55 heavy (non-hydrogen) atoms. The second-order valence-electron chi connectivity index (χ2n) is 19.5. The number of benzene rings is 2. The van der Waals surface area contributed by atoms with Gasteiger partial charge in [0, 0.05) is 12.8 Å². The Hall–Kier alpha value is -1.67. The molecule has 0 radical (unpaired) electrons. The van der Waals surface area contributed by atoms with Crippen molar-refractivity contribution in [1.29, 1.82) is 0 Å². The van der Waals surface area contributed by atoms with Crippen molar-refractivity contribution in [2.75, 3.05) is 6.61 Å². The van der Waals surface area contributed by atoms with Crippen molar-refractivity contribution in [1.82, 2.24) is 0 Å². The third-order valence-electron chi connectivity index (χ3n) is 13.9. The lowest BCUT2D eigenvalue weighted by atomic mass is 9.82. The maximum absolute atomic E-state index is 11.2. The molecule has 0 amide bonds. The summed E-state index contributed by atoms with van der Waals surface area (Å²) >= 11 is 0. The molecule has 2 aromatic carbocycles. The highest BCUT2D eigenvalue weighted by Crippen LogP contribution is 2.49. The Bertz CT molecular complexity index is 1500. The SMILES string of the molecule is C=C[C@H]1O[C@H]2CC[C@@]3(C)O[C@H]4[C@@H](O[Si](C(C)C)(C(C)C)C(C)C)C[C@@H](CO[Si](c5ccccc5)(c5ccccc5)C(C)(C)C)O[C@@H]4C[C@@H]3O[C@@H]2CC[C@]1(C)O. The van der Waals surface area contributed by atoms with Crippen molar-refractivity contribution in [3.63, 3.8) is 0 Å². The van der Waals surface area contributed by atoms with Crippen molar-refractivity contribution >= 4 is 27.0 Å². The van der Waals surface area contributed by atoms with Crippen LogP contribution in [0.5, 0.6) is 0 Å². The van der Waals surface area contributed by atoms with E-state index >= 15 is 0 Å². The van der Waals surface area contributed by atoms with Crippen molar-refractivity contribution in [2.24, 2.45) is 0 Å². The molecule has 0 saturated carbocycles. The second kappa shape index (κ2) is 16.5. The van der Waals surface area contributed by atoms with Gasteiger partial charge in [0.1, 0.15) is 12.2 Å². The molecule has 7 nitrogen and oxygen atoms in total. The summed E-state index contributed by atoms with van der Waals surface area (Å²) in [6.45, 7) is 29.7. The first-order valence-electron chi connectivity index (χ1n) is 21.3. The van der Waals surface area contributed by atoms with Gasteiger partial charge < -0.3 is 32.9 Å². The molecule has 10 atom stereocenters. The zero-order chi connectivity index (χ0) is 40.0. The van der Waals surface area contributed by atoms with Crippen LogP contribution in [0.2, 0.25) is 21.7 Å². The fourth-order valence-corrected chi connectivity index (χ4v) is 21.2. The molecule has 0 aliphatic carbocycles. The van der Waals surface area contributed by atoms with Crippen molar-refractivity contribution in [2.45, 2.75) is 196 Å². The molecule has 0 bridgehead atoms. The molecule has 9 heteroatoms. The van der Waals surface area contributed by atoms with E-state index in [4.69, 9.17) is 27.8 Å². The lowest BCUT2D eigenvalue weighted by molar-refractivity contribution is -0.291. The highest BCUT2D eigenvalue weighted by atomic mass is 28.4. The monoisotopic (exact) mass is 792 g/mol. The third kappa shape index (κ3) is 8.18. The van der Waals surface area contributed by atoms with Crippen molar-refractivity contribution in [3.8, 4) is 0 Å². The Morgan fingerprint density at radius 1 is 0.800 bits per heavy atom. The van der Waals surface area contributed by atoms with Gasteiger partial charge in [-0.05, 0) is 71.6 Å². The predicted octanol–water partition coefficient (Wildman–Crippen LogP) is 8.86. The molecule has 6 rings (SSSR count). The predicted molar refractivity (Wildman–Crippen MR) is 227 cm³/mol. The van der Waals surface area contributed by atoms with Gasteiger partial charge in [0.05, 0.1) is 54.4 Å². The smallest absolute Gasteiger partial charge is 0.261 e. The first-order chi connectivity index (χ1) is 25.9. The van der Waals surface area contributed by atoms with E-state index in [9.17, 15) is 5.11 Å². The van der Waals surface area contributed by atoms with Gasteiger partial charge in [0.2, 0.25) is 8.32 Å². The molecule has 0 aromatic heterocycles. The minimum atomic E-state index is -2.80. The summed E-state index contributed by atoms with van der Waals surface area (Å²) in [6.07, 6.45) is 4.40. The highest BCUT2D eigenvalue weighted by molar-refractivity contribution is 6.99. The van der Waals surface area contributed by atoms with Crippen LogP contribution < -0.4 is 10.4 Å². The molecule has 0 spiro atoms. The van der Waals surface area contributed by atoms with Crippen LogP contribution in [0.1, 0.15) is 115 Å². The zero-order valence-corrected chi connectivity index (χ0v) is 37.8. The topological polar surface area (TPSA) is 75.6 Å². The first kappa shape index (κ1) is 42.9. The van der Waals surface area contributed by atoms with E-state index < -0.39 is 33.9 Å². The summed E-state index contributed by atoms with van der Waals surface area (Å²) in [6, 6.07) is 21.7. The minimum absolute atomic E-state index is 0.131. The van der Waals surface area contributed by atoms with Gasteiger partial charge in [-0.25, -0.2) is 0 Å². The Kier molecular flexibility index (Phi) is 12.9. The average molecular weight is 793 g/mol. The van der Waals surface area contributed by atoms with Crippen LogP contribution >= 0.6 is 0 Å². The largest absolute Gasteiger partial charge is 0.410 e. The summed E-state index contributed by atoms with van der Waals surface area (Å²) < 4.78 is 43.5. The van der Waals surface area contributed by atoms with E-state index in [2.05, 4.69) is 136 Å². The number of hydrogen-bond donors (Lipinski definition) is 1. The molecule has 4 aliphatic rings. The fraction of sp³-hybridized carbons (Fsp3) is 0.696. The summed E-state index contributed by atoms with van der Waals surface area (Å²) in [5.41, 5.74) is -0.193. The number of aliphatic hydroxyl groups is 1. The zero-order valence-electron chi connectivity index (χ0n) is 35.8. The number of ether oxygens (including phenoxy) is 4. The van der Waals surface area contributed by atoms with Gasteiger partial charge >= 0.3 is 0 Å². The third-order valence-corrected chi connectivity index (χ3v) is 25.0. The number of rotatable bonds is 11. The van der Waals surface area contributed by atoms with Gasteiger partial charge in [-0.1, -0.05) is 129 Å². The van der Waals surface area contributed by atoms with Crippen LogP contribution in [0.4, 0.5) is 0 Å².